The van der Waals surface area contributed by atoms with Gasteiger partial charge in [-0.15, -0.1) is 10.2 Å². The van der Waals surface area contributed by atoms with E-state index in [2.05, 4.69) is 27.8 Å². The van der Waals surface area contributed by atoms with E-state index in [1.807, 2.05) is 61.5 Å². The summed E-state index contributed by atoms with van der Waals surface area (Å²) in [6.07, 6.45) is 7.53. The lowest BCUT2D eigenvalue weighted by Crippen LogP contribution is -2.45. The Morgan fingerprint density at radius 3 is 2.35 bits per heavy atom. The standard InChI is InChI=1S/C27H34N4O2S/c1-3-4-5-6-7-11-14-24(32)28-23(19-21-12-9-8-10-13-21)25(33)29-27-31-30-26(34-27)22-17-15-20(2)16-18-22/h8-10,12-13,15-18,23H,3-7,11,14,19H2,1-2H3,(H,28,32)(H,29,31,33). The molecule has 0 radical (unpaired) electrons. The fourth-order valence-electron chi connectivity index (χ4n) is 3.67. The highest BCUT2D eigenvalue weighted by Crippen LogP contribution is 2.26. The van der Waals surface area contributed by atoms with Crippen molar-refractivity contribution in [1.29, 1.82) is 0 Å². The molecule has 180 valence electrons. The largest absolute Gasteiger partial charge is 0.344 e. The number of rotatable bonds is 13. The lowest BCUT2D eigenvalue weighted by atomic mass is 10.0. The molecule has 0 saturated heterocycles. The number of unbranched alkanes of at least 4 members (excludes halogenated alkanes) is 5. The van der Waals surface area contributed by atoms with Crippen molar-refractivity contribution in [3.63, 3.8) is 0 Å². The maximum absolute atomic E-state index is 13.1. The van der Waals surface area contributed by atoms with E-state index in [1.54, 1.807) is 0 Å². The number of carbonyl (C=O) groups is 2. The lowest BCUT2D eigenvalue weighted by molar-refractivity contribution is -0.126. The van der Waals surface area contributed by atoms with Crippen LogP contribution in [0.15, 0.2) is 54.6 Å². The first-order valence-electron chi connectivity index (χ1n) is 12.1. The van der Waals surface area contributed by atoms with E-state index in [0.717, 1.165) is 35.4 Å². The zero-order valence-electron chi connectivity index (χ0n) is 20.0. The third-order valence-electron chi connectivity index (χ3n) is 5.65. The topological polar surface area (TPSA) is 84.0 Å². The summed E-state index contributed by atoms with van der Waals surface area (Å²) in [5.74, 6) is -0.379. The second kappa shape index (κ2) is 13.6. The molecule has 0 saturated carbocycles. The molecule has 3 rings (SSSR count). The van der Waals surface area contributed by atoms with Crippen molar-refractivity contribution in [2.75, 3.05) is 5.32 Å². The molecule has 0 fully saturated rings. The molecule has 1 unspecified atom stereocenters. The Morgan fingerprint density at radius 1 is 0.912 bits per heavy atom. The minimum Gasteiger partial charge on any atom is -0.344 e. The van der Waals surface area contributed by atoms with Crippen LogP contribution < -0.4 is 10.6 Å². The number of nitrogens with one attached hydrogen (secondary N) is 2. The normalized spacial score (nSPS) is 11.7. The van der Waals surface area contributed by atoms with E-state index >= 15 is 0 Å². The van der Waals surface area contributed by atoms with Crippen LogP contribution in [0.4, 0.5) is 5.13 Å². The summed E-state index contributed by atoms with van der Waals surface area (Å²) in [7, 11) is 0. The maximum Gasteiger partial charge on any atom is 0.249 e. The van der Waals surface area contributed by atoms with Crippen LogP contribution in [0.3, 0.4) is 0 Å². The SMILES string of the molecule is CCCCCCCCC(=O)NC(Cc1ccccc1)C(=O)Nc1nnc(-c2ccc(C)cc2)s1. The molecule has 0 spiro atoms. The Kier molecular flexibility index (Phi) is 10.2. The summed E-state index contributed by atoms with van der Waals surface area (Å²) in [6, 6.07) is 17.0. The number of hydrogen-bond acceptors (Lipinski definition) is 5. The van der Waals surface area contributed by atoms with Gasteiger partial charge >= 0.3 is 0 Å². The molecule has 2 aromatic carbocycles. The van der Waals surface area contributed by atoms with Crippen LogP contribution >= 0.6 is 11.3 Å². The highest BCUT2D eigenvalue weighted by Gasteiger charge is 2.22. The van der Waals surface area contributed by atoms with E-state index in [9.17, 15) is 9.59 Å². The first kappa shape index (κ1) is 25.6. The molecule has 1 atom stereocenters. The molecule has 2 amide bonds. The second-order valence-electron chi connectivity index (χ2n) is 8.60. The highest BCUT2D eigenvalue weighted by atomic mass is 32.1. The Labute approximate surface area is 206 Å². The van der Waals surface area contributed by atoms with Crippen molar-refractivity contribution >= 4 is 28.3 Å². The van der Waals surface area contributed by atoms with Crippen molar-refractivity contribution in [1.82, 2.24) is 15.5 Å². The Balaban J connectivity index is 1.60. The van der Waals surface area contributed by atoms with E-state index in [4.69, 9.17) is 0 Å². The number of aromatic nitrogens is 2. The molecule has 3 aromatic rings. The van der Waals surface area contributed by atoms with Gasteiger partial charge in [0.05, 0.1) is 0 Å². The summed E-state index contributed by atoms with van der Waals surface area (Å²) < 4.78 is 0. The monoisotopic (exact) mass is 478 g/mol. The molecule has 1 heterocycles. The molecule has 0 aliphatic carbocycles. The summed E-state index contributed by atoms with van der Waals surface area (Å²) in [5, 5.41) is 15.3. The van der Waals surface area contributed by atoms with Crippen LogP contribution in [0, 0.1) is 6.92 Å². The van der Waals surface area contributed by atoms with Gasteiger partial charge in [0.25, 0.3) is 0 Å². The number of aryl methyl sites for hydroxylation is 1. The van der Waals surface area contributed by atoms with E-state index < -0.39 is 6.04 Å². The number of hydrogen-bond donors (Lipinski definition) is 2. The Bertz CT molecular complexity index is 1030. The quantitative estimate of drug-likeness (QED) is 0.298. The fourth-order valence-corrected chi connectivity index (χ4v) is 4.42. The van der Waals surface area contributed by atoms with Crippen molar-refractivity contribution in [2.24, 2.45) is 0 Å². The smallest absolute Gasteiger partial charge is 0.249 e. The average molecular weight is 479 g/mol. The van der Waals surface area contributed by atoms with Crippen molar-refractivity contribution in [3.05, 3.63) is 65.7 Å². The average Bonchev–Trinajstić information content (AvgIpc) is 3.30. The predicted octanol–water partition coefficient (Wildman–Crippen LogP) is 5.93. The van der Waals surface area contributed by atoms with Gasteiger partial charge in [0.15, 0.2) is 0 Å². The van der Waals surface area contributed by atoms with Crippen LogP contribution in [-0.4, -0.2) is 28.1 Å². The third-order valence-corrected chi connectivity index (χ3v) is 6.53. The first-order chi connectivity index (χ1) is 16.5. The fraction of sp³-hybridized carbons (Fsp3) is 0.407. The summed E-state index contributed by atoms with van der Waals surface area (Å²) in [4.78, 5) is 25.7. The number of carbonyl (C=O) groups excluding carboxylic acids is 2. The van der Waals surface area contributed by atoms with Gasteiger partial charge in [-0.3, -0.25) is 14.9 Å². The van der Waals surface area contributed by atoms with E-state index in [0.29, 0.717) is 18.0 Å². The number of anilines is 1. The van der Waals surface area contributed by atoms with Gasteiger partial charge < -0.3 is 5.32 Å². The van der Waals surface area contributed by atoms with Gasteiger partial charge in [0.1, 0.15) is 11.0 Å². The number of nitrogens with zero attached hydrogens (tertiary/aromatic N) is 2. The molecule has 2 N–H and O–H groups in total. The van der Waals surface area contributed by atoms with E-state index in [1.165, 1.54) is 36.2 Å². The molecule has 6 nitrogen and oxygen atoms in total. The van der Waals surface area contributed by atoms with E-state index in [-0.39, 0.29) is 11.8 Å². The van der Waals surface area contributed by atoms with Crippen LogP contribution in [0.1, 0.15) is 63.0 Å². The van der Waals surface area contributed by atoms with Gasteiger partial charge in [-0.05, 0) is 18.9 Å². The highest BCUT2D eigenvalue weighted by molar-refractivity contribution is 7.18. The summed E-state index contributed by atoms with van der Waals surface area (Å²) in [5.41, 5.74) is 3.11. The Hall–Kier alpha value is -3.06. The predicted molar refractivity (Wildman–Crippen MR) is 139 cm³/mol. The van der Waals surface area contributed by atoms with Crippen LogP contribution in [0.5, 0.6) is 0 Å². The summed E-state index contributed by atoms with van der Waals surface area (Å²) >= 11 is 1.32. The van der Waals surface area contributed by atoms with Crippen LogP contribution in [0.2, 0.25) is 0 Å². The molecular weight excluding hydrogens is 444 g/mol. The zero-order valence-corrected chi connectivity index (χ0v) is 20.9. The number of benzene rings is 2. The maximum atomic E-state index is 13.1. The van der Waals surface area contributed by atoms with Crippen molar-refractivity contribution in [2.45, 2.75) is 71.3 Å². The first-order valence-corrected chi connectivity index (χ1v) is 12.9. The van der Waals surface area contributed by atoms with Crippen molar-refractivity contribution < 1.29 is 9.59 Å². The van der Waals surface area contributed by atoms with Gasteiger partial charge in [-0.1, -0.05) is 111 Å². The number of amides is 2. The van der Waals surface area contributed by atoms with Gasteiger partial charge in [-0.2, -0.15) is 0 Å². The third kappa shape index (κ3) is 8.37. The second-order valence-corrected chi connectivity index (χ2v) is 9.57. The summed E-state index contributed by atoms with van der Waals surface area (Å²) in [6.45, 7) is 4.22. The molecular formula is C27H34N4O2S. The molecule has 0 aliphatic heterocycles. The van der Waals surface area contributed by atoms with Gasteiger partial charge in [0, 0.05) is 18.4 Å². The molecule has 0 aliphatic rings. The van der Waals surface area contributed by atoms with Gasteiger partial charge in [-0.25, -0.2) is 0 Å². The Morgan fingerprint density at radius 2 is 1.62 bits per heavy atom. The van der Waals surface area contributed by atoms with Crippen LogP contribution in [-0.2, 0) is 16.0 Å². The minimum absolute atomic E-state index is 0.0934. The molecule has 7 heteroatoms. The van der Waals surface area contributed by atoms with Crippen LogP contribution in [0.25, 0.3) is 10.6 Å². The molecule has 34 heavy (non-hydrogen) atoms. The minimum atomic E-state index is -0.679. The van der Waals surface area contributed by atoms with Gasteiger partial charge in [0.2, 0.25) is 16.9 Å². The molecule has 0 bridgehead atoms. The zero-order chi connectivity index (χ0) is 24.2. The molecule has 1 aromatic heterocycles. The lowest BCUT2D eigenvalue weighted by Gasteiger charge is -2.18. The van der Waals surface area contributed by atoms with Crippen molar-refractivity contribution in [3.8, 4) is 10.6 Å².